The van der Waals surface area contributed by atoms with E-state index in [1.54, 1.807) is 6.82 Å². The third kappa shape index (κ3) is 2.90. The summed E-state index contributed by atoms with van der Waals surface area (Å²) in [4.78, 5) is 17.0. The first-order valence-corrected chi connectivity index (χ1v) is 6.59. The average Bonchev–Trinajstić information content (AvgIpc) is 2.57. The Bertz CT molecular complexity index is 423. The molecule has 0 saturated heterocycles. The van der Waals surface area contributed by atoms with E-state index in [1.807, 2.05) is 10.9 Å². The summed E-state index contributed by atoms with van der Waals surface area (Å²) in [5.74, 6) is 0.894. The van der Waals surface area contributed by atoms with E-state index in [9.17, 15) is 9.82 Å². The van der Waals surface area contributed by atoms with Gasteiger partial charge in [0.25, 0.3) is 0 Å². The molecule has 1 N–H and O–H groups in total. The van der Waals surface area contributed by atoms with Crippen molar-refractivity contribution in [3.05, 3.63) is 23.4 Å². The monoisotopic (exact) mass is 246 g/mol. The topological polar surface area (TPSA) is 53.4 Å². The van der Waals surface area contributed by atoms with Crippen LogP contribution in [0.25, 0.3) is 0 Å². The molecule has 1 aliphatic rings. The normalized spacial score (nSPS) is 14.9. The Morgan fingerprint density at radius 3 is 3.06 bits per heavy atom. The lowest BCUT2D eigenvalue weighted by atomic mass is 9.84. The quantitative estimate of drug-likeness (QED) is 0.645. The smallest absolute Gasteiger partial charge is 0.410 e. The maximum atomic E-state index is 10.4. The lowest BCUT2D eigenvalue weighted by molar-refractivity contribution is -0.107. The fraction of sp³-hybridized carbons (Fsp3) is 0.538. The fourth-order valence-electron chi connectivity index (χ4n) is 2.37. The fourth-order valence-corrected chi connectivity index (χ4v) is 2.37. The molecule has 1 aliphatic heterocycles. The summed E-state index contributed by atoms with van der Waals surface area (Å²) in [7, 11) is -0.518. The van der Waals surface area contributed by atoms with Crippen molar-refractivity contribution in [1.82, 2.24) is 4.98 Å². The largest absolute Gasteiger partial charge is 0.432 e. The molecule has 2 rings (SSSR count). The molecule has 0 saturated carbocycles. The van der Waals surface area contributed by atoms with Crippen LogP contribution in [0.15, 0.2) is 12.1 Å². The predicted octanol–water partition coefficient (Wildman–Crippen LogP) is 1.47. The Kier molecular flexibility index (Phi) is 4.36. The standard InChI is InChI=1S/C13H19BN2O2/c1-14(18)16-9-3-2-5-11-7-8-12(6-4-10-17)15-13(11)16/h7-8,10,18H,2-6,9H2,1H3. The molecule has 0 atom stereocenters. The van der Waals surface area contributed by atoms with Gasteiger partial charge in [0.2, 0.25) is 0 Å². The molecule has 0 aromatic carbocycles. The van der Waals surface area contributed by atoms with Gasteiger partial charge in [0.1, 0.15) is 12.1 Å². The number of hydrogen-bond donors (Lipinski definition) is 1. The van der Waals surface area contributed by atoms with Crippen molar-refractivity contribution in [2.75, 3.05) is 11.4 Å². The molecule has 0 bridgehead atoms. The van der Waals surface area contributed by atoms with Crippen LogP contribution in [0.1, 0.15) is 30.5 Å². The van der Waals surface area contributed by atoms with Crippen molar-refractivity contribution < 1.29 is 9.82 Å². The Hall–Kier alpha value is -1.36. The summed E-state index contributed by atoms with van der Waals surface area (Å²) in [6, 6.07) is 4.08. The van der Waals surface area contributed by atoms with Gasteiger partial charge in [-0.05, 0) is 44.1 Å². The van der Waals surface area contributed by atoms with Crippen LogP contribution in [0.2, 0.25) is 6.82 Å². The van der Waals surface area contributed by atoms with Crippen molar-refractivity contribution in [1.29, 1.82) is 0 Å². The van der Waals surface area contributed by atoms with Gasteiger partial charge in [-0.15, -0.1) is 0 Å². The molecule has 96 valence electrons. The van der Waals surface area contributed by atoms with Crippen LogP contribution in [0, 0.1) is 0 Å². The SMILES string of the molecule is CB(O)N1CCCCc2ccc(CCC=O)nc21. The van der Waals surface area contributed by atoms with Gasteiger partial charge < -0.3 is 14.6 Å². The highest BCUT2D eigenvalue weighted by Crippen LogP contribution is 2.25. The van der Waals surface area contributed by atoms with Crippen LogP contribution in [0.4, 0.5) is 5.82 Å². The number of anilines is 1. The molecule has 2 heterocycles. The van der Waals surface area contributed by atoms with E-state index in [0.29, 0.717) is 12.8 Å². The second-order valence-corrected chi connectivity index (χ2v) is 4.77. The average molecular weight is 246 g/mol. The summed E-state index contributed by atoms with van der Waals surface area (Å²) in [6.07, 6.45) is 5.31. The van der Waals surface area contributed by atoms with E-state index in [4.69, 9.17) is 0 Å². The summed E-state index contributed by atoms with van der Waals surface area (Å²) in [5, 5.41) is 9.85. The Morgan fingerprint density at radius 1 is 1.50 bits per heavy atom. The minimum absolute atomic E-state index is 0.500. The zero-order chi connectivity index (χ0) is 13.0. The number of aryl methyl sites for hydroxylation is 2. The third-order valence-electron chi connectivity index (χ3n) is 3.35. The van der Waals surface area contributed by atoms with E-state index in [2.05, 4.69) is 11.1 Å². The molecular weight excluding hydrogens is 227 g/mol. The van der Waals surface area contributed by atoms with Crippen molar-refractivity contribution in [3.8, 4) is 0 Å². The second kappa shape index (κ2) is 6.00. The zero-order valence-corrected chi connectivity index (χ0v) is 10.8. The van der Waals surface area contributed by atoms with Crippen LogP contribution < -0.4 is 4.81 Å². The maximum absolute atomic E-state index is 10.4. The summed E-state index contributed by atoms with van der Waals surface area (Å²) < 4.78 is 0. The Morgan fingerprint density at radius 2 is 2.33 bits per heavy atom. The van der Waals surface area contributed by atoms with Gasteiger partial charge in [0, 0.05) is 18.7 Å². The van der Waals surface area contributed by atoms with Crippen molar-refractivity contribution >= 4 is 19.2 Å². The highest BCUT2D eigenvalue weighted by Gasteiger charge is 2.23. The molecule has 4 nitrogen and oxygen atoms in total. The Balaban J connectivity index is 2.30. The Labute approximate surface area is 108 Å². The van der Waals surface area contributed by atoms with Gasteiger partial charge in [0.05, 0.1) is 0 Å². The molecule has 0 amide bonds. The van der Waals surface area contributed by atoms with E-state index in [1.165, 1.54) is 5.56 Å². The molecule has 0 fully saturated rings. The van der Waals surface area contributed by atoms with Crippen LogP contribution >= 0.6 is 0 Å². The van der Waals surface area contributed by atoms with Crippen LogP contribution in [-0.2, 0) is 17.6 Å². The number of pyridine rings is 1. The van der Waals surface area contributed by atoms with Gasteiger partial charge in [-0.2, -0.15) is 0 Å². The van der Waals surface area contributed by atoms with E-state index >= 15 is 0 Å². The number of nitrogens with zero attached hydrogens (tertiary/aromatic N) is 2. The van der Waals surface area contributed by atoms with Gasteiger partial charge in [-0.1, -0.05) is 6.07 Å². The number of rotatable bonds is 4. The number of aromatic nitrogens is 1. The summed E-state index contributed by atoms with van der Waals surface area (Å²) >= 11 is 0. The summed E-state index contributed by atoms with van der Waals surface area (Å²) in [5.41, 5.74) is 2.12. The van der Waals surface area contributed by atoms with Crippen LogP contribution in [-0.4, -0.2) is 29.9 Å². The molecule has 0 radical (unpaired) electrons. The number of fused-ring (bicyclic) bond motifs is 1. The van der Waals surface area contributed by atoms with Gasteiger partial charge in [0.15, 0.2) is 0 Å². The molecule has 18 heavy (non-hydrogen) atoms. The lowest BCUT2D eigenvalue weighted by Gasteiger charge is -2.25. The second-order valence-electron chi connectivity index (χ2n) is 4.77. The highest BCUT2D eigenvalue weighted by molar-refractivity contribution is 6.53. The zero-order valence-electron chi connectivity index (χ0n) is 10.8. The first kappa shape index (κ1) is 13.1. The van der Waals surface area contributed by atoms with E-state index < -0.39 is 7.05 Å². The number of carbonyl (C=O) groups excluding carboxylic acids is 1. The summed E-state index contributed by atoms with van der Waals surface area (Å²) in [6.45, 7) is 2.61. The van der Waals surface area contributed by atoms with Gasteiger partial charge in [-0.25, -0.2) is 4.98 Å². The number of hydrogen-bond acceptors (Lipinski definition) is 4. The molecule has 0 aliphatic carbocycles. The van der Waals surface area contributed by atoms with E-state index in [0.717, 1.165) is 43.6 Å². The molecular formula is C13H19BN2O2. The van der Waals surface area contributed by atoms with Crippen molar-refractivity contribution in [2.45, 2.75) is 38.9 Å². The minimum atomic E-state index is -0.518. The van der Waals surface area contributed by atoms with Crippen molar-refractivity contribution in [2.24, 2.45) is 0 Å². The molecule has 1 aromatic heterocycles. The van der Waals surface area contributed by atoms with Gasteiger partial charge >= 0.3 is 7.05 Å². The van der Waals surface area contributed by atoms with E-state index in [-0.39, 0.29) is 0 Å². The first-order chi connectivity index (χ1) is 8.72. The lowest BCUT2D eigenvalue weighted by Crippen LogP contribution is -2.38. The molecule has 0 unspecified atom stereocenters. The van der Waals surface area contributed by atoms with Gasteiger partial charge in [-0.3, -0.25) is 0 Å². The number of aldehydes is 1. The van der Waals surface area contributed by atoms with Crippen molar-refractivity contribution in [3.63, 3.8) is 0 Å². The van der Waals surface area contributed by atoms with Crippen LogP contribution in [0.5, 0.6) is 0 Å². The first-order valence-electron chi connectivity index (χ1n) is 6.59. The minimum Gasteiger partial charge on any atom is -0.432 e. The molecule has 5 heteroatoms. The third-order valence-corrected chi connectivity index (χ3v) is 3.35. The molecule has 0 spiro atoms. The molecule has 1 aromatic rings. The predicted molar refractivity (Wildman–Crippen MR) is 72.7 cm³/mol. The highest BCUT2D eigenvalue weighted by atomic mass is 16.2. The number of carbonyl (C=O) groups is 1. The maximum Gasteiger partial charge on any atom is 0.410 e. The van der Waals surface area contributed by atoms with Crippen LogP contribution in [0.3, 0.4) is 0 Å².